The highest BCUT2D eigenvalue weighted by atomic mass is 32.2. The van der Waals surface area contributed by atoms with Gasteiger partial charge < -0.3 is 14.5 Å². The molecule has 0 N–H and O–H groups in total. The zero-order valence-corrected chi connectivity index (χ0v) is 14.7. The van der Waals surface area contributed by atoms with Gasteiger partial charge in [0.2, 0.25) is 10.0 Å². The Kier molecular flexibility index (Phi) is 4.96. The molecular formula is C16H23N3O4S. The first kappa shape index (κ1) is 17.0. The van der Waals surface area contributed by atoms with Crippen molar-refractivity contribution in [1.29, 1.82) is 0 Å². The number of carbonyl (C=O) groups excluding carboxylic acids is 1. The SMILES string of the molecule is COc1ccc(S(=O)(=O)N2CCN(C(=O)N3CCCC3)CC2)cc1. The van der Waals surface area contributed by atoms with Crippen molar-refractivity contribution in [3.63, 3.8) is 0 Å². The molecule has 0 spiro atoms. The summed E-state index contributed by atoms with van der Waals surface area (Å²) in [6.07, 6.45) is 2.11. The van der Waals surface area contributed by atoms with E-state index in [0.717, 1.165) is 25.9 Å². The molecular weight excluding hydrogens is 330 g/mol. The minimum atomic E-state index is -3.53. The molecule has 24 heavy (non-hydrogen) atoms. The Balaban J connectivity index is 1.63. The largest absolute Gasteiger partial charge is 0.497 e. The fourth-order valence-corrected chi connectivity index (χ4v) is 4.55. The van der Waals surface area contributed by atoms with Crippen molar-refractivity contribution in [1.82, 2.24) is 14.1 Å². The van der Waals surface area contributed by atoms with Gasteiger partial charge in [0.1, 0.15) is 5.75 Å². The van der Waals surface area contributed by atoms with Crippen molar-refractivity contribution in [3.8, 4) is 5.75 Å². The number of amides is 2. The molecule has 7 nitrogen and oxygen atoms in total. The number of piperazine rings is 1. The molecule has 2 aliphatic heterocycles. The zero-order chi connectivity index (χ0) is 17.2. The van der Waals surface area contributed by atoms with E-state index >= 15 is 0 Å². The number of ether oxygens (including phenoxy) is 1. The van der Waals surface area contributed by atoms with E-state index in [1.165, 1.54) is 4.31 Å². The van der Waals surface area contributed by atoms with E-state index in [9.17, 15) is 13.2 Å². The average molecular weight is 353 g/mol. The Morgan fingerprint density at radius 2 is 1.46 bits per heavy atom. The summed E-state index contributed by atoms with van der Waals surface area (Å²) in [5.74, 6) is 0.620. The summed E-state index contributed by atoms with van der Waals surface area (Å²) in [4.78, 5) is 16.2. The van der Waals surface area contributed by atoms with Crippen LogP contribution in [0.4, 0.5) is 4.79 Å². The average Bonchev–Trinajstić information content (AvgIpc) is 3.16. The van der Waals surface area contributed by atoms with Gasteiger partial charge in [-0.25, -0.2) is 13.2 Å². The van der Waals surface area contributed by atoms with Gasteiger partial charge in [0.25, 0.3) is 0 Å². The van der Waals surface area contributed by atoms with E-state index in [0.29, 0.717) is 31.9 Å². The first-order valence-corrected chi connectivity index (χ1v) is 9.64. The van der Waals surface area contributed by atoms with Crippen LogP contribution in [0.3, 0.4) is 0 Å². The normalized spacial score (nSPS) is 19.5. The molecule has 0 radical (unpaired) electrons. The summed E-state index contributed by atoms with van der Waals surface area (Å²) in [6, 6.07) is 6.42. The highest BCUT2D eigenvalue weighted by Crippen LogP contribution is 2.21. The van der Waals surface area contributed by atoms with Crippen molar-refractivity contribution < 1.29 is 17.9 Å². The van der Waals surface area contributed by atoms with E-state index in [1.807, 2.05) is 4.90 Å². The Morgan fingerprint density at radius 3 is 2.00 bits per heavy atom. The van der Waals surface area contributed by atoms with E-state index in [-0.39, 0.29) is 10.9 Å². The molecule has 8 heteroatoms. The van der Waals surface area contributed by atoms with Crippen molar-refractivity contribution in [2.24, 2.45) is 0 Å². The lowest BCUT2D eigenvalue weighted by Gasteiger charge is -2.36. The van der Waals surface area contributed by atoms with Crippen LogP contribution in [0.1, 0.15) is 12.8 Å². The number of nitrogens with zero attached hydrogens (tertiary/aromatic N) is 3. The molecule has 0 atom stereocenters. The van der Waals surface area contributed by atoms with Crippen LogP contribution in [-0.2, 0) is 10.0 Å². The second-order valence-electron chi connectivity index (χ2n) is 6.04. The third-order valence-electron chi connectivity index (χ3n) is 4.58. The van der Waals surface area contributed by atoms with Crippen LogP contribution in [0.5, 0.6) is 5.75 Å². The summed E-state index contributed by atoms with van der Waals surface area (Å²) in [5.41, 5.74) is 0. The van der Waals surface area contributed by atoms with Crippen molar-refractivity contribution in [2.75, 3.05) is 46.4 Å². The smallest absolute Gasteiger partial charge is 0.320 e. The maximum absolute atomic E-state index is 12.7. The molecule has 2 saturated heterocycles. The highest BCUT2D eigenvalue weighted by molar-refractivity contribution is 7.89. The van der Waals surface area contributed by atoms with Crippen molar-refractivity contribution >= 4 is 16.1 Å². The van der Waals surface area contributed by atoms with Crippen LogP contribution >= 0.6 is 0 Å². The van der Waals surface area contributed by atoms with Gasteiger partial charge in [-0.2, -0.15) is 4.31 Å². The molecule has 1 aromatic carbocycles. The van der Waals surface area contributed by atoms with Crippen LogP contribution in [0.15, 0.2) is 29.2 Å². The standard InChI is InChI=1S/C16H23N3O4S/c1-23-14-4-6-15(7-5-14)24(21,22)19-12-10-18(11-13-19)16(20)17-8-2-3-9-17/h4-7H,2-3,8-13H2,1H3. The summed E-state index contributed by atoms with van der Waals surface area (Å²) in [5, 5.41) is 0. The molecule has 0 saturated carbocycles. The zero-order valence-electron chi connectivity index (χ0n) is 13.8. The Bertz CT molecular complexity index is 676. The molecule has 2 amide bonds. The van der Waals surface area contributed by atoms with Gasteiger partial charge in [0.05, 0.1) is 12.0 Å². The Hall–Kier alpha value is -1.80. The van der Waals surface area contributed by atoms with Crippen LogP contribution in [0, 0.1) is 0 Å². The molecule has 1 aromatic rings. The second-order valence-corrected chi connectivity index (χ2v) is 7.98. The lowest BCUT2D eigenvalue weighted by Crippen LogP contribution is -2.53. The molecule has 2 heterocycles. The minimum Gasteiger partial charge on any atom is -0.497 e. The van der Waals surface area contributed by atoms with Crippen LogP contribution in [0.2, 0.25) is 0 Å². The molecule has 2 aliphatic rings. The van der Waals surface area contributed by atoms with E-state index < -0.39 is 10.0 Å². The summed E-state index contributed by atoms with van der Waals surface area (Å²) < 4.78 is 31.9. The highest BCUT2D eigenvalue weighted by Gasteiger charge is 2.32. The first-order valence-electron chi connectivity index (χ1n) is 8.20. The topological polar surface area (TPSA) is 70.2 Å². The van der Waals surface area contributed by atoms with E-state index in [2.05, 4.69) is 0 Å². The molecule has 0 bridgehead atoms. The number of hydrogen-bond acceptors (Lipinski definition) is 4. The Morgan fingerprint density at radius 1 is 0.917 bits per heavy atom. The van der Waals surface area contributed by atoms with Gasteiger partial charge >= 0.3 is 6.03 Å². The lowest BCUT2D eigenvalue weighted by molar-refractivity contribution is 0.142. The van der Waals surface area contributed by atoms with Gasteiger partial charge in [-0.3, -0.25) is 0 Å². The van der Waals surface area contributed by atoms with Gasteiger partial charge in [-0.05, 0) is 37.1 Å². The number of rotatable bonds is 3. The molecule has 0 aliphatic carbocycles. The monoisotopic (exact) mass is 353 g/mol. The van der Waals surface area contributed by atoms with Crippen LogP contribution in [0.25, 0.3) is 0 Å². The number of methoxy groups -OCH3 is 1. The first-order chi connectivity index (χ1) is 11.5. The lowest BCUT2D eigenvalue weighted by atomic mass is 10.3. The van der Waals surface area contributed by atoms with Gasteiger partial charge in [-0.15, -0.1) is 0 Å². The van der Waals surface area contributed by atoms with E-state index in [1.54, 1.807) is 36.3 Å². The second kappa shape index (κ2) is 6.98. The number of carbonyl (C=O) groups is 1. The van der Waals surface area contributed by atoms with Gasteiger partial charge in [0, 0.05) is 39.3 Å². The molecule has 2 fully saturated rings. The minimum absolute atomic E-state index is 0.0361. The predicted molar refractivity (Wildman–Crippen MR) is 89.5 cm³/mol. The van der Waals surface area contributed by atoms with Gasteiger partial charge in [0.15, 0.2) is 0 Å². The quantitative estimate of drug-likeness (QED) is 0.819. The van der Waals surface area contributed by atoms with Gasteiger partial charge in [-0.1, -0.05) is 0 Å². The summed E-state index contributed by atoms with van der Waals surface area (Å²) in [6.45, 7) is 3.14. The maximum Gasteiger partial charge on any atom is 0.320 e. The third-order valence-corrected chi connectivity index (χ3v) is 6.50. The fraction of sp³-hybridized carbons (Fsp3) is 0.562. The Labute approximate surface area is 142 Å². The predicted octanol–water partition coefficient (Wildman–Crippen LogP) is 1.22. The van der Waals surface area contributed by atoms with E-state index in [4.69, 9.17) is 4.74 Å². The fourth-order valence-electron chi connectivity index (χ4n) is 3.12. The third kappa shape index (κ3) is 3.34. The maximum atomic E-state index is 12.7. The van der Waals surface area contributed by atoms with Crippen LogP contribution in [-0.4, -0.2) is 74.9 Å². The van der Waals surface area contributed by atoms with Crippen molar-refractivity contribution in [3.05, 3.63) is 24.3 Å². The number of hydrogen-bond donors (Lipinski definition) is 0. The summed E-state index contributed by atoms with van der Waals surface area (Å²) >= 11 is 0. The molecule has 3 rings (SSSR count). The van der Waals surface area contributed by atoms with Crippen LogP contribution < -0.4 is 4.74 Å². The number of likely N-dealkylation sites (tertiary alicyclic amines) is 1. The number of urea groups is 1. The van der Waals surface area contributed by atoms with Crippen molar-refractivity contribution in [2.45, 2.75) is 17.7 Å². The number of benzene rings is 1. The molecule has 132 valence electrons. The molecule has 0 unspecified atom stereocenters. The summed E-state index contributed by atoms with van der Waals surface area (Å²) in [7, 11) is -1.99. The molecule has 0 aromatic heterocycles. The number of sulfonamides is 1.